The molecule has 1 aromatic carbocycles. The lowest BCUT2D eigenvalue weighted by atomic mass is 10.1. The van der Waals surface area contributed by atoms with Crippen LogP contribution in [0.3, 0.4) is 0 Å². The number of carbonyl (C=O) groups excluding carboxylic acids is 1. The first-order valence-electron chi connectivity index (χ1n) is 7.12. The summed E-state index contributed by atoms with van der Waals surface area (Å²) >= 11 is 2.38. The molecule has 126 valence electrons. The monoisotopic (exact) mass is 372 g/mol. The molecule has 8 heteroatoms. The molecular formula is C17H12N2O4S2. The van der Waals surface area contributed by atoms with E-state index in [1.807, 2.05) is 6.07 Å². The third-order valence-electron chi connectivity index (χ3n) is 3.48. The van der Waals surface area contributed by atoms with Gasteiger partial charge in [-0.2, -0.15) is 5.26 Å². The molecule has 0 aliphatic rings. The van der Waals surface area contributed by atoms with Crippen LogP contribution in [0, 0.1) is 11.3 Å². The number of Topliss-reactive ketones (excluding diaryl/α,β-unsaturated/α-hetero) is 1. The molecule has 0 saturated heterocycles. The average Bonchev–Trinajstić information content (AvgIpc) is 2.97. The number of thiophene rings is 1. The number of hydrogen-bond donors (Lipinski definition) is 2. The Morgan fingerprint density at radius 3 is 2.76 bits per heavy atom. The van der Waals surface area contributed by atoms with E-state index in [1.54, 1.807) is 31.4 Å². The van der Waals surface area contributed by atoms with Crippen molar-refractivity contribution in [3.63, 3.8) is 0 Å². The predicted molar refractivity (Wildman–Crippen MR) is 96.9 cm³/mol. The summed E-state index contributed by atoms with van der Waals surface area (Å²) in [5, 5.41) is 19.3. The number of nitrogens with zero attached hydrogens (tertiary/aromatic N) is 1. The largest absolute Gasteiger partial charge is 0.506 e. The van der Waals surface area contributed by atoms with Crippen LogP contribution < -0.4 is 10.3 Å². The number of nitriles is 1. The van der Waals surface area contributed by atoms with Gasteiger partial charge in [-0.3, -0.25) is 9.59 Å². The second kappa shape index (κ2) is 7.01. The molecule has 0 aliphatic heterocycles. The van der Waals surface area contributed by atoms with Gasteiger partial charge in [0.15, 0.2) is 5.78 Å². The van der Waals surface area contributed by atoms with Crippen molar-refractivity contribution in [2.45, 2.75) is 4.21 Å². The van der Waals surface area contributed by atoms with Gasteiger partial charge in [-0.15, -0.1) is 23.1 Å². The maximum Gasteiger partial charge on any atom is 0.252 e. The summed E-state index contributed by atoms with van der Waals surface area (Å²) in [5.41, 5.74) is 0.631. The Bertz CT molecular complexity index is 1050. The zero-order valence-electron chi connectivity index (χ0n) is 13.0. The second-order valence-corrected chi connectivity index (χ2v) is 7.30. The molecule has 0 unspecified atom stereocenters. The van der Waals surface area contributed by atoms with Crippen LogP contribution in [0.4, 0.5) is 0 Å². The smallest absolute Gasteiger partial charge is 0.252 e. The molecule has 0 bridgehead atoms. The number of nitrogens with one attached hydrogen (secondary N) is 1. The number of aromatic amines is 1. The molecule has 3 rings (SSSR count). The predicted octanol–water partition coefficient (Wildman–Crippen LogP) is 3.15. The third-order valence-corrected chi connectivity index (χ3v) is 5.97. The maximum atomic E-state index is 12.3. The van der Waals surface area contributed by atoms with Gasteiger partial charge in [0.25, 0.3) is 5.56 Å². The van der Waals surface area contributed by atoms with E-state index < -0.39 is 5.56 Å². The molecule has 0 fully saturated rings. The van der Waals surface area contributed by atoms with E-state index in [0.29, 0.717) is 25.7 Å². The third kappa shape index (κ3) is 3.38. The number of aromatic hydroxyl groups is 1. The summed E-state index contributed by atoms with van der Waals surface area (Å²) in [6.45, 7) is 0. The maximum absolute atomic E-state index is 12.3. The zero-order chi connectivity index (χ0) is 18.0. The average molecular weight is 372 g/mol. The van der Waals surface area contributed by atoms with Gasteiger partial charge in [-0.1, -0.05) is 0 Å². The number of fused-ring (bicyclic) bond motifs is 1. The van der Waals surface area contributed by atoms with E-state index in [-0.39, 0.29) is 22.8 Å². The number of H-pyrrole nitrogens is 1. The Morgan fingerprint density at radius 2 is 2.12 bits per heavy atom. The van der Waals surface area contributed by atoms with E-state index in [9.17, 15) is 20.0 Å². The summed E-state index contributed by atoms with van der Waals surface area (Å²) in [4.78, 5) is 26.4. The minimum Gasteiger partial charge on any atom is -0.506 e. The SMILES string of the molecule is COc1ccc(C(=O)CSc2sc3c(O)cc(=O)[nH]c3c2C#N)cc1. The molecule has 6 nitrogen and oxygen atoms in total. The lowest BCUT2D eigenvalue weighted by Gasteiger charge is -2.02. The van der Waals surface area contributed by atoms with Crippen molar-refractivity contribution in [2.75, 3.05) is 12.9 Å². The van der Waals surface area contributed by atoms with Gasteiger partial charge in [0, 0.05) is 11.6 Å². The fourth-order valence-electron chi connectivity index (χ4n) is 2.25. The highest BCUT2D eigenvalue weighted by Crippen LogP contribution is 2.40. The highest BCUT2D eigenvalue weighted by molar-refractivity contribution is 8.02. The first-order chi connectivity index (χ1) is 12.0. The molecule has 2 aromatic heterocycles. The summed E-state index contributed by atoms with van der Waals surface area (Å²) in [6, 6.07) is 9.88. The number of benzene rings is 1. The first kappa shape index (κ1) is 17.1. The van der Waals surface area contributed by atoms with Crippen LogP contribution in [-0.4, -0.2) is 28.7 Å². The van der Waals surface area contributed by atoms with Gasteiger partial charge in [0.1, 0.15) is 23.1 Å². The standard InChI is InChI=1S/C17H12N2O4S2/c1-23-10-4-2-9(3-5-10)13(21)8-24-17-11(7-18)15-16(25-17)12(20)6-14(22)19-15/h2-6H,8H2,1H3,(H2,19,20,22). The van der Waals surface area contributed by atoms with Gasteiger partial charge >= 0.3 is 0 Å². The van der Waals surface area contributed by atoms with Crippen LogP contribution in [-0.2, 0) is 0 Å². The number of pyridine rings is 1. The molecule has 0 amide bonds. The number of ether oxygens (including phenoxy) is 1. The number of aromatic nitrogens is 1. The van der Waals surface area contributed by atoms with Crippen LogP contribution in [0.15, 0.2) is 39.3 Å². The Kier molecular flexibility index (Phi) is 4.79. The van der Waals surface area contributed by atoms with Crippen LogP contribution in [0.25, 0.3) is 10.2 Å². The Labute approximate surface area is 150 Å². The van der Waals surface area contributed by atoms with Gasteiger partial charge in [0.05, 0.1) is 27.3 Å². The lowest BCUT2D eigenvalue weighted by molar-refractivity contribution is 0.102. The van der Waals surface area contributed by atoms with E-state index >= 15 is 0 Å². The summed E-state index contributed by atoms with van der Waals surface area (Å²) in [7, 11) is 1.55. The molecule has 25 heavy (non-hydrogen) atoms. The van der Waals surface area contributed by atoms with E-state index in [4.69, 9.17) is 4.74 Å². The lowest BCUT2D eigenvalue weighted by Crippen LogP contribution is -2.03. The van der Waals surface area contributed by atoms with Crippen molar-refractivity contribution < 1.29 is 14.6 Å². The molecule has 0 aliphatic carbocycles. The van der Waals surface area contributed by atoms with Crippen LogP contribution >= 0.6 is 23.1 Å². The van der Waals surface area contributed by atoms with Crippen molar-refractivity contribution >= 4 is 39.1 Å². The minimum absolute atomic E-state index is 0.0910. The second-order valence-electron chi connectivity index (χ2n) is 5.04. The molecule has 0 saturated carbocycles. The molecular weight excluding hydrogens is 360 g/mol. The van der Waals surface area contributed by atoms with Crippen molar-refractivity contribution in [2.24, 2.45) is 0 Å². The van der Waals surface area contributed by atoms with Crippen LogP contribution in [0.1, 0.15) is 15.9 Å². The summed E-state index contributed by atoms with van der Waals surface area (Å²) in [5.74, 6) is 0.541. The first-order valence-corrected chi connectivity index (χ1v) is 8.92. The topological polar surface area (TPSA) is 103 Å². The van der Waals surface area contributed by atoms with Gasteiger partial charge in [-0.05, 0) is 24.3 Å². The van der Waals surface area contributed by atoms with Gasteiger partial charge in [0.2, 0.25) is 0 Å². The minimum atomic E-state index is -0.481. The summed E-state index contributed by atoms with van der Waals surface area (Å²) in [6.07, 6.45) is 0. The number of carbonyl (C=O) groups is 1. The van der Waals surface area contributed by atoms with Crippen molar-refractivity contribution in [3.8, 4) is 17.6 Å². The highest BCUT2D eigenvalue weighted by atomic mass is 32.2. The number of methoxy groups -OCH3 is 1. The van der Waals surface area contributed by atoms with Crippen LogP contribution in [0.5, 0.6) is 11.5 Å². The molecule has 0 atom stereocenters. The normalized spacial score (nSPS) is 10.6. The highest BCUT2D eigenvalue weighted by Gasteiger charge is 2.18. The van der Waals surface area contributed by atoms with Gasteiger partial charge < -0.3 is 14.8 Å². The van der Waals surface area contributed by atoms with E-state index in [2.05, 4.69) is 4.98 Å². The number of hydrogen-bond acceptors (Lipinski definition) is 7. The van der Waals surface area contributed by atoms with Crippen molar-refractivity contribution in [3.05, 3.63) is 51.8 Å². The van der Waals surface area contributed by atoms with Crippen molar-refractivity contribution in [1.29, 1.82) is 5.26 Å². The molecule has 0 radical (unpaired) electrons. The molecule has 3 aromatic rings. The fourth-order valence-corrected chi connectivity index (χ4v) is 4.49. The quantitative estimate of drug-likeness (QED) is 0.527. The number of thioether (sulfide) groups is 1. The van der Waals surface area contributed by atoms with E-state index in [1.165, 1.54) is 23.1 Å². The Morgan fingerprint density at radius 1 is 1.40 bits per heavy atom. The molecule has 0 spiro atoms. The number of rotatable bonds is 5. The Hall–Kier alpha value is -2.76. The van der Waals surface area contributed by atoms with Crippen LogP contribution in [0.2, 0.25) is 0 Å². The number of ketones is 1. The fraction of sp³-hybridized carbons (Fsp3) is 0.118. The van der Waals surface area contributed by atoms with Gasteiger partial charge in [-0.25, -0.2) is 0 Å². The summed E-state index contributed by atoms with van der Waals surface area (Å²) < 4.78 is 6.07. The Balaban J connectivity index is 1.85. The molecule has 2 heterocycles. The van der Waals surface area contributed by atoms with Crippen molar-refractivity contribution in [1.82, 2.24) is 4.98 Å². The van der Waals surface area contributed by atoms with E-state index in [0.717, 1.165) is 6.07 Å². The molecule has 2 N–H and O–H groups in total. The zero-order valence-corrected chi connectivity index (χ0v) is 14.7.